The summed E-state index contributed by atoms with van der Waals surface area (Å²) in [5.74, 6) is 0.863. The van der Waals surface area contributed by atoms with Gasteiger partial charge in [-0.05, 0) is 47.5 Å². The van der Waals surface area contributed by atoms with Crippen molar-refractivity contribution in [3.63, 3.8) is 0 Å². The Bertz CT molecular complexity index is 334. The summed E-state index contributed by atoms with van der Waals surface area (Å²) in [5.41, 5.74) is 1.16. The summed E-state index contributed by atoms with van der Waals surface area (Å²) in [4.78, 5) is 0. The Hall–Kier alpha value is -0.290. The molecule has 0 aromatic heterocycles. The monoisotopic (exact) mass is 323 g/mol. The molecule has 5 heteroatoms. The van der Waals surface area contributed by atoms with Crippen molar-refractivity contribution < 1.29 is 9.84 Å². The van der Waals surface area contributed by atoms with E-state index in [1.54, 1.807) is 6.92 Å². The Labute approximate surface area is 117 Å². The van der Waals surface area contributed by atoms with E-state index in [1.807, 2.05) is 25.1 Å². The first-order chi connectivity index (χ1) is 7.63. The topological polar surface area (TPSA) is 41.5 Å². The first-order valence-corrected chi connectivity index (χ1v) is 6.22. The molecule has 1 aromatic rings. The molecule has 2 N–H and O–H groups in total. The summed E-state index contributed by atoms with van der Waals surface area (Å²) in [6.45, 7) is 5.74. The van der Waals surface area contributed by atoms with Gasteiger partial charge in [0.25, 0.3) is 0 Å². The third-order valence-corrected chi connectivity index (χ3v) is 2.68. The number of aliphatic hydroxyl groups excluding tert-OH is 1. The van der Waals surface area contributed by atoms with Crippen molar-refractivity contribution in [3.05, 3.63) is 28.2 Å². The lowest BCUT2D eigenvalue weighted by Gasteiger charge is -2.09. The predicted molar refractivity (Wildman–Crippen MR) is 75.9 cm³/mol. The molecule has 0 spiro atoms. The lowest BCUT2D eigenvalue weighted by Crippen LogP contribution is -2.23. The minimum absolute atomic E-state index is 0. The molecule has 0 aliphatic carbocycles. The van der Waals surface area contributed by atoms with Crippen molar-refractivity contribution in [3.8, 4) is 5.75 Å². The molecule has 1 aromatic carbocycles. The van der Waals surface area contributed by atoms with Crippen LogP contribution in [0.4, 0.5) is 0 Å². The number of ether oxygens (including phenoxy) is 1. The van der Waals surface area contributed by atoms with E-state index in [0.717, 1.165) is 22.3 Å². The molecule has 17 heavy (non-hydrogen) atoms. The summed E-state index contributed by atoms with van der Waals surface area (Å²) in [5, 5.41) is 12.3. The quantitative estimate of drug-likeness (QED) is 0.845. The van der Waals surface area contributed by atoms with E-state index >= 15 is 0 Å². The highest BCUT2D eigenvalue weighted by molar-refractivity contribution is 9.10. The minimum atomic E-state index is -0.314. The van der Waals surface area contributed by atoms with Gasteiger partial charge in [0.1, 0.15) is 5.75 Å². The van der Waals surface area contributed by atoms with E-state index in [0.29, 0.717) is 13.2 Å². The number of hydrogen-bond donors (Lipinski definition) is 2. The van der Waals surface area contributed by atoms with Crippen LogP contribution in [-0.2, 0) is 6.54 Å². The average Bonchev–Trinajstić information content (AvgIpc) is 2.21. The molecule has 1 rings (SSSR count). The van der Waals surface area contributed by atoms with Gasteiger partial charge in [-0.3, -0.25) is 0 Å². The zero-order valence-electron chi connectivity index (χ0n) is 10.1. The summed E-state index contributed by atoms with van der Waals surface area (Å²) < 4.78 is 6.39. The highest BCUT2D eigenvalue weighted by atomic mass is 79.9. The maximum Gasteiger partial charge on any atom is 0.133 e. The summed E-state index contributed by atoms with van der Waals surface area (Å²) in [7, 11) is 0. The third-order valence-electron chi connectivity index (χ3n) is 2.07. The zero-order valence-corrected chi connectivity index (χ0v) is 12.5. The first kappa shape index (κ1) is 16.7. The fraction of sp³-hybridized carbons (Fsp3) is 0.500. The van der Waals surface area contributed by atoms with Crippen LogP contribution >= 0.6 is 28.3 Å². The second kappa shape index (κ2) is 8.75. The van der Waals surface area contributed by atoms with Crippen LogP contribution in [0.1, 0.15) is 19.4 Å². The highest BCUT2D eigenvalue weighted by Crippen LogP contribution is 2.25. The van der Waals surface area contributed by atoms with E-state index in [1.165, 1.54) is 0 Å². The van der Waals surface area contributed by atoms with Crippen molar-refractivity contribution in [2.75, 3.05) is 13.2 Å². The van der Waals surface area contributed by atoms with Gasteiger partial charge < -0.3 is 15.2 Å². The van der Waals surface area contributed by atoms with Crippen molar-refractivity contribution in [2.24, 2.45) is 0 Å². The summed E-state index contributed by atoms with van der Waals surface area (Å²) >= 11 is 3.47. The van der Waals surface area contributed by atoms with Crippen LogP contribution in [0.15, 0.2) is 22.7 Å². The molecular formula is C12H19BrClNO2. The molecule has 0 aliphatic rings. The standard InChI is InChI=1S/C12H18BrNO2.ClH/c1-3-16-12-5-4-10(6-11(12)13)8-14-7-9(2)15;/h4-6,9,14-15H,3,7-8H2,1-2H3;1H. The molecule has 0 saturated carbocycles. The van der Waals surface area contributed by atoms with Crippen molar-refractivity contribution in [1.82, 2.24) is 5.32 Å². The van der Waals surface area contributed by atoms with Gasteiger partial charge >= 0.3 is 0 Å². The summed E-state index contributed by atoms with van der Waals surface area (Å²) in [6.07, 6.45) is -0.314. The highest BCUT2D eigenvalue weighted by Gasteiger charge is 2.02. The van der Waals surface area contributed by atoms with E-state index < -0.39 is 0 Å². The lowest BCUT2D eigenvalue weighted by atomic mass is 10.2. The molecule has 0 amide bonds. The second-order valence-electron chi connectivity index (χ2n) is 3.68. The van der Waals surface area contributed by atoms with Gasteiger partial charge in [0, 0.05) is 13.1 Å². The van der Waals surface area contributed by atoms with Crippen molar-refractivity contribution in [1.29, 1.82) is 0 Å². The largest absolute Gasteiger partial charge is 0.493 e. The molecule has 0 saturated heterocycles. The number of rotatable bonds is 6. The number of halogens is 2. The van der Waals surface area contributed by atoms with Gasteiger partial charge in [0.05, 0.1) is 17.2 Å². The molecule has 0 radical (unpaired) electrons. The predicted octanol–water partition coefficient (Wildman–Crippen LogP) is 2.74. The van der Waals surface area contributed by atoms with Crippen LogP contribution in [0.25, 0.3) is 0 Å². The van der Waals surface area contributed by atoms with E-state index in [2.05, 4.69) is 21.2 Å². The molecular weight excluding hydrogens is 305 g/mol. The van der Waals surface area contributed by atoms with Crippen LogP contribution < -0.4 is 10.1 Å². The minimum Gasteiger partial charge on any atom is -0.493 e. The number of hydrogen-bond acceptors (Lipinski definition) is 3. The van der Waals surface area contributed by atoms with E-state index in [4.69, 9.17) is 9.84 Å². The van der Waals surface area contributed by atoms with Gasteiger partial charge in [-0.15, -0.1) is 12.4 Å². The molecule has 0 bridgehead atoms. The molecule has 98 valence electrons. The normalized spacial score (nSPS) is 11.8. The van der Waals surface area contributed by atoms with Crippen molar-refractivity contribution in [2.45, 2.75) is 26.5 Å². The fourth-order valence-electron chi connectivity index (χ4n) is 1.35. The zero-order chi connectivity index (χ0) is 12.0. The Morgan fingerprint density at radius 2 is 2.18 bits per heavy atom. The third kappa shape index (κ3) is 6.27. The Kier molecular flexibility index (Phi) is 8.60. The first-order valence-electron chi connectivity index (χ1n) is 5.43. The van der Waals surface area contributed by atoms with E-state index in [-0.39, 0.29) is 18.5 Å². The molecule has 1 unspecified atom stereocenters. The Morgan fingerprint density at radius 1 is 1.47 bits per heavy atom. The van der Waals surface area contributed by atoms with Crippen LogP contribution in [0.5, 0.6) is 5.75 Å². The van der Waals surface area contributed by atoms with Crippen LogP contribution in [0.2, 0.25) is 0 Å². The summed E-state index contributed by atoms with van der Waals surface area (Å²) in [6, 6.07) is 6.00. The molecule has 1 atom stereocenters. The van der Waals surface area contributed by atoms with Gasteiger partial charge in [-0.2, -0.15) is 0 Å². The van der Waals surface area contributed by atoms with Crippen LogP contribution in [0, 0.1) is 0 Å². The number of nitrogens with one attached hydrogen (secondary N) is 1. The molecule has 3 nitrogen and oxygen atoms in total. The van der Waals surface area contributed by atoms with Gasteiger partial charge in [0.2, 0.25) is 0 Å². The van der Waals surface area contributed by atoms with Crippen LogP contribution in [-0.4, -0.2) is 24.4 Å². The Morgan fingerprint density at radius 3 is 2.71 bits per heavy atom. The van der Waals surface area contributed by atoms with Crippen LogP contribution in [0.3, 0.4) is 0 Å². The fourth-order valence-corrected chi connectivity index (χ4v) is 1.89. The van der Waals surface area contributed by atoms with E-state index in [9.17, 15) is 0 Å². The average molecular weight is 325 g/mol. The van der Waals surface area contributed by atoms with Crippen molar-refractivity contribution >= 4 is 28.3 Å². The maximum absolute atomic E-state index is 9.11. The number of benzene rings is 1. The second-order valence-corrected chi connectivity index (χ2v) is 4.53. The van der Waals surface area contributed by atoms with Gasteiger partial charge in [0.15, 0.2) is 0 Å². The SMILES string of the molecule is CCOc1ccc(CNCC(C)O)cc1Br.Cl. The van der Waals surface area contributed by atoms with Gasteiger partial charge in [-0.25, -0.2) is 0 Å². The molecule has 0 aliphatic heterocycles. The lowest BCUT2D eigenvalue weighted by molar-refractivity contribution is 0.191. The maximum atomic E-state index is 9.11. The molecule has 0 fully saturated rings. The number of aliphatic hydroxyl groups is 1. The van der Waals surface area contributed by atoms with Gasteiger partial charge in [-0.1, -0.05) is 6.07 Å². The molecule has 0 heterocycles. The Balaban J connectivity index is 0.00000256. The smallest absolute Gasteiger partial charge is 0.133 e.